The number of hydrogen-bond donors (Lipinski definition) is 1. The molecule has 1 aliphatic carbocycles. The summed E-state index contributed by atoms with van der Waals surface area (Å²) < 4.78 is 5.26. The van der Waals surface area contributed by atoms with Gasteiger partial charge in [0.2, 0.25) is 0 Å². The lowest BCUT2D eigenvalue weighted by Gasteiger charge is -2.49. The lowest BCUT2D eigenvalue weighted by atomic mass is 9.62. The van der Waals surface area contributed by atoms with E-state index < -0.39 is 5.60 Å². The van der Waals surface area contributed by atoms with Crippen molar-refractivity contribution in [2.45, 2.75) is 50.0 Å². The third-order valence-electron chi connectivity index (χ3n) is 5.07. The molecular weight excluding hydrogens is 262 g/mol. The molecule has 1 aromatic rings. The minimum absolute atomic E-state index is 0.261. The molecule has 2 rings (SSSR count). The zero-order valence-electron chi connectivity index (χ0n) is 13.9. The molecule has 1 saturated carbocycles. The van der Waals surface area contributed by atoms with Gasteiger partial charge in [-0.2, -0.15) is 0 Å². The molecule has 0 aromatic heterocycles. The van der Waals surface area contributed by atoms with E-state index in [1.54, 1.807) is 7.11 Å². The van der Waals surface area contributed by atoms with E-state index in [0.29, 0.717) is 0 Å². The third kappa shape index (κ3) is 3.24. The van der Waals surface area contributed by atoms with Crippen LogP contribution in [0.25, 0.3) is 0 Å². The van der Waals surface area contributed by atoms with Crippen molar-refractivity contribution in [2.75, 3.05) is 27.7 Å². The summed E-state index contributed by atoms with van der Waals surface area (Å²) in [6.45, 7) is 3.05. The van der Waals surface area contributed by atoms with Crippen molar-refractivity contribution in [1.29, 1.82) is 0 Å². The Kier molecular flexibility index (Phi) is 4.95. The highest BCUT2D eigenvalue weighted by molar-refractivity contribution is 5.35. The lowest BCUT2D eigenvalue weighted by molar-refractivity contribution is -0.0700. The number of benzene rings is 1. The van der Waals surface area contributed by atoms with Gasteiger partial charge >= 0.3 is 0 Å². The normalized spacial score (nSPS) is 21.0. The van der Waals surface area contributed by atoms with Gasteiger partial charge in [0.15, 0.2) is 0 Å². The van der Waals surface area contributed by atoms with E-state index in [-0.39, 0.29) is 5.41 Å². The van der Waals surface area contributed by atoms with Crippen LogP contribution >= 0.6 is 0 Å². The molecule has 0 saturated heterocycles. The van der Waals surface area contributed by atoms with E-state index in [1.165, 1.54) is 12.0 Å². The second-order valence-electron chi connectivity index (χ2n) is 6.89. The Morgan fingerprint density at radius 2 is 1.71 bits per heavy atom. The molecule has 0 heterocycles. The molecule has 0 amide bonds. The molecule has 3 nitrogen and oxygen atoms in total. The molecule has 1 aromatic carbocycles. The Morgan fingerprint density at radius 3 is 2.19 bits per heavy atom. The van der Waals surface area contributed by atoms with Crippen LogP contribution in [0.15, 0.2) is 24.3 Å². The maximum atomic E-state index is 11.4. The Balaban J connectivity index is 2.39. The van der Waals surface area contributed by atoms with Crippen LogP contribution in [-0.4, -0.2) is 43.4 Å². The molecule has 3 heteroatoms. The summed E-state index contributed by atoms with van der Waals surface area (Å²) in [6.07, 6.45) is 5.26. The van der Waals surface area contributed by atoms with Crippen LogP contribution in [0.5, 0.6) is 5.75 Å². The van der Waals surface area contributed by atoms with Gasteiger partial charge in [0, 0.05) is 12.0 Å². The van der Waals surface area contributed by atoms with Gasteiger partial charge in [-0.15, -0.1) is 0 Å². The molecule has 0 spiro atoms. The summed E-state index contributed by atoms with van der Waals surface area (Å²) in [5, 5.41) is 11.4. The second kappa shape index (κ2) is 6.37. The highest BCUT2D eigenvalue weighted by Crippen LogP contribution is 2.45. The van der Waals surface area contributed by atoms with Gasteiger partial charge < -0.3 is 14.7 Å². The summed E-state index contributed by atoms with van der Waals surface area (Å²) >= 11 is 0. The van der Waals surface area contributed by atoms with Crippen molar-refractivity contribution in [2.24, 2.45) is 0 Å². The molecule has 118 valence electrons. The number of rotatable bonds is 5. The van der Waals surface area contributed by atoms with E-state index >= 15 is 0 Å². The molecule has 1 unspecified atom stereocenters. The molecule has 0 bridgehead atoms. The Hall–Kier alpha value is -1.06. The van der Waals surface area contributed by atoms with Crippen LogP contribution in [0.1, 0.15) is 44.6 Å². The number of methoxy groups -OCH3 is 1. The van der Waals surface area contributed by atoms with Crippen molar-refractivity contribution < 1.29 is 9.84 Å². The first-order chi connectivity index (χ1) is 9.91. The first kappa shape index (κ1) is 16.3. The number of hydrogen-bond acceptors (Lipinski definition) is 3. The number of ether oxygens (including phenoxy) is 1. The van der Waals surface area contributed by atoms with Crippen molar-refractivity contribution in [1.82, 2.24) is 4.90 Å². The monoisotopic (exact) mass is 291 g/mol. The quantitative estimate of drug-likeness (QED) is 0.904. The topological polar surface area (TPSA) is 32.7 Å². The largest absolute Gasteiger partial charge is 0.497 e. The van der Waals surface area contributed by atoms with Crippen LogP contribution in [0.3, 0.4) is 0 Å². The average Bonchev–Trinajstić information content (AvgIpc) is 2.47. The summed E-state index contributed by atoms with van der Waals surface area (Å²) in [6, 6.07) is 8.20. The first-order valence-electron chi connectivity index (χ1n) is 7.93. The van der Waals surface area contributed by atoms with Crippen LogP contribution in [0.4, 0.5) is 0 Å². The molecule has 1 fully saturated rings. The van der Waals surface area contributed by atoms with Crippen molar-refractivity contribution in [3.8, 4) is 5.75 Å². The molecule has 1 atom stereocenters. The van der Waals surface area contributed by atoms with E-state index in [0.717, 1.165) is 38.0 Å². The average molecular weight is 291 g/mol. The fourth-order valence-electron chi connectivity index (χ4n) is 3.79. The van der Waals surface area contributed by atoms with Crippen molar-refractivity contribution in [3.05, 3.63) is 29.8 Å². The van der Waals surface area contributed by atoms with Crippen LogP contribution in [0, 0.1) is 0 Å². The van der Waals surface area contributed by atoms with Crippen molar-refractivity contribution in [3.63, 3.8) is 0 Å². The predicted molar refractivity (Wildman–Crippen MR) is 86.9 cm³/mol. The Bertz CT molecular complexity index is 449. The third-order valence-corrected chi connectivity index (χ3v) is 5.07. The van der Waals surface area contributed by atoms with Gasteiger partial charge in [-0.25, -0.2) is 0 Å². The number of likely N-dealkylation sites (N-methyl/N-ethyl adjacent to an activating group) is 1. The minimum Gasteiger partial charge on any atom is -0.497 e. The molecular formula is C18H29NO2. The SMILES string of the molecule is COc1ccc(C(C)(CN(C)C)C2(O)CCCCC2)cc1. The second-order valence-corrected chi connectivity index (χ2v) is 6.89. The maximum Gasteiger partial charge on any atom is 0.118 e. The molecule has 0 radical (unpaired) electrons. The highest BCUT2D eigenvalue weighted by Gasteiger charge is 2.48. The highest BCUT2D eigenvalue weighted by atomic mass is 16.5. The molecule has 21 heavy (non-hydrogen) atoms. The van der Waals surface area contributed by atoms with E-state index in [9.17, 15) is 5.11 Å². The smallest absolute Gasteiger partial charge is 0.118 e. The van der Waals surface area contributed by atoms with Crippen LogP contribution in [0.2, 0.25) is 0 Å². The number of nitrogens with zero attached hydrogens (tertiary/aromatic N) is 1. The zero-order valence-corrected chi connectivity index (χ0v) is 13.9. The van der Waals surface area contributed by atoms with Gasteiger partial charge in [0.25, 0.3) is 0 Å². The predicted octanol–water partition coefficient (Wildman–Crippen LogP) is 3.21. The van der Waals surface area contributed by atoms with E-state index in [1.807, 2.05) is 12.1 Å². The summed E-state index contributed by atoms with van der Waals surface area (Å²) in [5.41, 5.74) is 0.314. The Labute approximate surface area is 128 Å². The van der Waals surface area contributed by atoms with Crippen LogP contribution < -0.4 is 4.74 Å². The lowest BCUT2D eigenvalue weighted by Crippen LogP contribution is -2.55. The standard InChI is InChI=1S/C18H29NO2/c1-17(14-19(2)3,18(20)12-6-5-7-13-18)15-8-10-16(21-4)11-9-15/h8-11,20H,5-7,12-14H2,1-4H3. The Morgan fingerprint density at radius 1 is 1.14 bits per heavy atom. The van der Waals surface area contributed by atoms with Gasteiger partial charge in [-0.3, -0.25) is 0 Å². The van der Waals surface area contributed by atoms with E-state index in [4.69, 9.17) is 4.74 Å². The molecule has 0 aliphatic heterocycles. The minimum atomic E-state index is -0.621. The van der Waals surface area contributed by atoms with Crippen molar-refractivity contribution >= 4 is 0 Å². The van der Waals surface area contributed by atoms with E-state index in [2.05, 4.69) is 38.1 Å². The van der Waals surface area contributed by atoms with Gasteiger partial charge in [0.05, 0.1) is 12.7 Å². The molecule has 1 N–H and O–H groups in total. The van der Waals surface area contributed by atoms with Gasteiger partial charge in [-0.1, -0.05) is 38.3 Å². The van der Waals surface area contributed by atoms with Gasteiger partial charge in [-0.05, 0) is 44.6 Å². The van der Waals surface area contributed by atoms with Crippen LogP contribution in [-0.2, 0) is 5.41 Å². The zero-order chi connectivity index (χ0) is 15.5. The first-order valence-corrected chi connectivity index (χ1v) is 7.93. The molecule has 1 aliphatic rings. The fraction of sp³-hybridized carbons (Fsp3) is 0.667. The maximum absolute atomic E-state index is 11.4. The van der Waals surface area contributed by atoms with Gasteiger partial charge in [0.1, 0.15) is 5.75 Å². The fourth-order valence-corrected chi connectivity index (χ4v) is 3.79. The summed E-state index contributed by atoms with van der Waals surface area (Å²) in [5.74, 6) is 0.863. The summed E-state index contributed by atoms with van der Waals surface area (Å²) in [7, 11) is 5.84. The number of aliphatic hydroxyl groups is 1. The summed E-state index contributed by atoms with van der Waals surface area (Å²) in [4.78, 5) is 2.18.